The molecule has 0 spiro atoms. The number of aliphatic hydroxyl groups excluding tert-OH is 1. The number of hydrogen-bond donors (Lipinski definition) is 1. The number of rotatable bonds is 6. The SMILES string of the molecule is CCCCOCC1COC(C)(CO)O1. The van der Waals surface area contributed by atoms with Crippen LogP contribution in [0, 0.1) is 0 Å². The molecule has 0 bridgehead atoms. The third kappa shape index (κ3) is 3.53. The van der Waals surface area contributed by atoms with Crippen LogP contribution in [0.4, 0.5) is 0 Å². The van der Waals surface area contributed by atoms with E-state index in [2.05, 4.69) is 6.92 Å². The van der Waals surface area contributed by atoms with Crippen LogP contribution in [0.5, 0.6) is 0 Å². The molecule has 1 aliphatic rings. The van der Waals surface area contributed by atoms with E-state index in [9.17, 15) is 0 Å². The lowest BCUT2D eigenvalue weighted by molar-refractivity contribution is -0.182. The van der Waals surface area contributed by atoms with E-state index in [0.717, 1.165) is 19.4 Å². The first-order valence-corrected chi connectivity index (χ1v) is 5.20. The first-order valence-electron chi connectivity index (χ1n) is 5.20. The highest BCUT2D eigenvalue weighted by Crippen LogP contribution is 2.22. The van der Waals surface area contributed by atoms with Crippen molar-refractivity contribution in [2.45, 2.75) is 38.6 Å². The predicted molar refractivity (Wildman–Crippen MR) is 52.0 cm³/mol. The van der Waals surface area contributed by atoms with Crippen LogP contribution in [-0.4, -0.2) is 43.4 Å². The van der Waals surface area contributed by atoms with Crippen LogP contribution in [0.2, 0.25) is 0 Å². The van der Waals surface area contributed by atoms with Gasteiger partial charge < -0.3 is 19.3 Å². The summed E-state index contributed by atoms with van der Waals surface area (Å²) in [6, 6.07) is 0. The highest BCUT2D eigenvalue weighted by atomic mass is 16.8. The molecule has 1 saturated heterocycles. The van der Waals surface area contributed by atoms with Gasteiger partial charge in [-0.1, -0.05) is 13.3 Å². The molecule has 0 saturated carbocycles. The van der Waals surface area contributed by atoms with Crippen LogP contribution in [0.25, 0.3) is 0 Å². The van der Waals surface area contributed by atoms with Gasteiger partial charge in [-0.25, -0.2) is 0 Å². The number of hydrogen-bond acceptors (Lipinski definition) is 4. The summed E-state index contributed by atoms with van der Waals surface area (Å²) in [5.41, 5.74) is 0. The van der Waals surface area contributed by atoms with Gasteiger partial charge in [-0.3, -0.25) is 0 Å². The Morgan fingerprint density at radius 2 is 2.36 bits per heavy atom. The van der Waals surface area contributed by atoms with Crippen molar-refractivity contribution in [3.63, 3.8) is 0 Å². The minimum atomic E-state index is -0.821. The fourth-order valence-electron chi connectivity index (χ4n) is 1.32. The molecule has 2 atom stereocenters. The zero-order chi connectivity index (χ0) is 10.4. The Labute approximate surface area is 85.2 Å². The van der Waals surface area contributed by atoms with Gasteiger partial charge in [0.15, 0.2) is 5.79 Å². The standard InChI is InChI=1S/C10H20O4/c1-3-4-5-12-6-9-7-13-10(2,8-11)14-9/h9,11H,3-8H2,1-2H3. The largest absolute Gasteiger partial charge is 0.391 e. The summed E-state index contributed by atoms with van der Waals surface area (Å²) in [6.07, 6.45) is 2.17. The molecule has 2 unspecified atom stereocenters. The summed E-state index contributed by atoms with van der Waals surface area (Å²) in [7, 11) is 0. The first kappa shape index (κ1) is 11.9. The second-order valence-corrected chi connectivity index (χ2v) is 3.77. The van der Waals surface area contributed by atoms with Gasteiger partial charge in [-0.2, -0.15) is 0 Å². The van der Waals surface area contributed by atoms with Crippen LogP contribution in [0.3, 0.4) is 0 Å². The highest BCUT2D eigenvalue weighted by molar-refractivity contribution is 4.73. The summed E-state index contributed by atoms with van der Waals surface area (Å²) in [4.78, 5) is 0. The molecule has 14 heavy (non-hydrogen) atoms. The topological polar surface area (TPSA) is 47.9 Å². The van der Waals surface area contributed by atoms with E-state index >= 15 is 0 Å². The Hall–Kier alpha value is -0.160. The van der Waals surface area contributed by atoms with Gasteiger partial charge in [-0.05, 0) is 13.3 Å². The van der Waals surface area contributed by atoms with Crippen LogP contribution < -0.4 is 0 Å². The van der Waals surface area contributed by atoms with Crippen molar-refractivity contribution >= 4 is 0 Å². The summed E-state index contributed by atoms with van der Waals surface area (Å²) in [5.74, 6) is -0.821. The molecule has 1 N–H and O–H groups in total. The Morgan fingerprint density at radius 1 is 1.57 bits per heavy atom. The van der Waals surface area contributed by atoms with Gasteiger partial charge >= 0.3 is 0 Å². The van der Waals surface area contributed by atoms with Crippen molar-refractivity contribution in [1.82, 2.24) is 0 Å². The van der Waals surface area contributed by atoms with Crippen molar-refractivity contribution in [1.29, 1.82) is 0 Å². The quantitative estimate of drug-likeness (QED) is 0.654. The zero-order valence-electron chi connectivity index (χ0n) is 8.99. The van der Waals surface area contributed by atoms with Crippen molar-refractivity contribution in [3.8, 4) is 0 Å². The normalized spacial score (nSPS) is 32.4. The van der Waals surface area contributed by atoms with Crippen molar-refractivity contribution in [2.75, 3.05) is 26.4 Å². The molecule has 1 aliphatic heterocycles. The van der Waals surface area contributed by atoms with E-state index in [1.54, 1.807) is 6.92 Å². The van der Waals surface area contributed by atoms with Gasteiger partial charge in [0.1, 0.15) is 6.10 Å². The Morgan fingerprint density at radius 3 is 2.93 bits per heavy atom. The molecule has 0 radical (unpaired) electrons. The van der Waals surface area contributed by atoms with Gasteiger partial charge in [0, 0.05) is 6.61 Å². The van der Waals surface area contributed by atoms with Gasteiger partial charge in [-0.15, -0.1) is 0 Å². The molecule has 4 heteroatoms. The lowest BCUT2D eigenvalue weighted by Gasteiger charge is -2.19. The molecule has 4 nitrogen and oxygen atoms in total. The smallest absolute Gasteiger partial charge is 0.189 e. The molecular formula is C10H20O4. The Bertz CT molecular complexity index is 162. The fourth-order valence-corrected chi connectivity index (χ4v) is 1.32. The summed E-state index contributed by atoms with van der Waals surface area (Å²) >= 11 is 0. The maximum absolute atomic E-state index is 8.96. The summed E-state index contributed by atoms with van der Waals surface area (Å²) < 4.78 is 16.2. The van der Waals surface area contributed by atoms with Crippen molar-refractivity contribution in [3.05, 3.63) is 0 Å². The maximum atomic E-state index is 8.96. The summed E-state index contributed by atoms with van der Waals surface area (Å²) in [6.45, 7) is 5.57. The van der Waals surface area contributed by atoms with E-state index < -0.39 is 5.79 Å². The molecule has 0 aromatic heterocycles. The molecular weight excluding hydrogens is 184 g/mol. The molecule has 1 heterocycles. The molecule has 0 amide bonds. The molecule has 1 fully saturated rings. The third-order valence-electron chi connectivity index (χ3n) is 2.22. The fraction of sp³-hybridized carbons (Fsp3) is 1.00. The van der Waals surface area contributed by atoms with E-state index in [-0.39, 0.29) is 12.7 Å². The zero-order valence-corrected chi connectivity index (χ0v) is 8.99. The average Bonchev–Trinajstić information content (AvgIpc) is 2.56. The van der Waals surface area contributed by atoms with Gasteiger partial charge in [0.2, 0.25) is 0 Å². The average molecular weight is 204 g/mol. The Balaban J connectivity index is 2.10. The van der Waals surface area contributed by atoms with E-state index in [1.807, 2.05) is 0 Å². The lowest BCUT2D eigenvalue weighted by Crippen LogP contribution is -2.32. The molecule has 0 aromatic carbocycles. The van der Waals surface area contributed by atoms with Crippen molar-refractivity contribution < 1.29 is 19.3 Å². The lowest BCUT2D eigenvalue weighted by atomic mass is 10.3. The predicted octanol–water partition coefficient (Wildman–Crippen LogP) is 0.927. The van der Waals surface area contributed by atoms with E-state index in [1.165, 1.54) is 0 Å². The van der Waals surface area contributed by atoms with Crippen molar-refractivity contribution in [2.24, 2.45) is 0 Å². The Kier molecular flexibility index (Phi) is 4.81. The van der Waals surface area contributed by atoms with E-state index in [0.29, 0.717) is 13.2 Å². The monoisotopic (exact) mass is 204 g/mol. The second-order valence-electron chi connectivity index (χ2n) is 3.77. The molecule has 1 rings (SSSR count). The minimum Gasteiger partial charge on any atom is -0.391 e. The second kappa shape index (κ2) is 5.66. The van der Waals surface area contributed by atoms with Gasteiger partial charge in [0.25, 0.3) is 0 Å². The summed E-state index contributed by atoms with van der Waals surface area (Å²) in [5, 5.41) is 8.96. The van der Waals surface area contributed by atoms with Crippen LogP contribution >= 0.6 is 0 Å². The molecule has 84 valence electrons. The maximum Gasteiger partial charge on any atom is 0.189 e. The van der Waals surface area contributed by atoms with E-state index in [4.69, 9.17) is 19.3 Å². The highest BCUT2D eigenvalue weighted by Gasteiger charge is 2.36. The van der Waals surface area contributed by atoms with Crippen LogP contribution in [0.15, 0.2) is 0 Å². The molecule has 0 aromatic rings. The number of ether oxygens (including phenoxy) is 3. The van der Waals surface area contributed by atoms with Gasteiger partial charge in [0.05, 0.1) is 19.8 Å². The minimum absolute atomic E-state index is 0.0380. The van der Waals surface area contributed by atoms with Crippen LogP contribution in [-0.2, 0) is 14.2 Å². The molecule has 0 aliphatic carbocycles. The number of aliphatic hydroxyl groups is 1. The third-order valence-corrected chi connectivity index (χ3v) is 2.22. The number of unbranched alkanes of at least 4 members (excludes halogenated alkanes) is 1. The first-order chi connectivity index (χ1) is 6.70. The van der Waals surface area contributed by atoms with Crippen LogP contribution in [0.1, 0.15) is 26.7 Å².